The molecular weight excluding hydrogens is 258 g/mol. The van der Waals surface area contributed by atoms with E-state index >= 15 is 0 Å². The molecule has 18 heavy (non-hydrogen) atoms. The normalized spacial score (nSPS) is 11.1. The molecule has 0 fully saturated rings. The van der Waals surface area contributed by atoms with E-state index in [4.69, 9.17) is 11.6 Å². The number of rotatable bonds is 3. The van der Waals surface area contributed by atoms with E-state index in [2.05, 4.69) is 10.9 Å². The fraction of sp³-hybridized carbons (Fsp3) is 0.364. The highest BCUT2D eigenvalue weighted by Gasteiger charge is 2.16. The van der Waals surface area contributed by atoms with Crippen molar-refractivity contribution in [3.8, 4) is 0 Å². The number of nitrogens with one attached hydrogen (secondary N) is 2. The Morgan fingerprint density at radius 2 is 2.00 bits per heavy atom. The summed E-state index contributed by atoms with van der Waals surface area (Å²) < 4.78 is 0. The van der Waals surface area contributed by atoms with Gasteiger partial charge in [0.15, 0.2) is 0 Å². The molecule has 1 aromatic rings. The van der Waals surface area contributed by atoms with Crippen LogP contribution in [-0.2, 0) is 0 Å². The molecule has 0 heterocycles. The van der Waals surface area contributed by atoms with Crippen molar-refractivity contribution in [3.05, 3.63) is 38.9 Å². The minimum atomic E-state index is -0.568. The molecule has 98 valence electrons. The van der Waals surface area contributed by atoms with Gasteiger partial charge in [0, 0.05) is 17.7 Å². The van der Waals surface area contributed by atoms with E-state index in [1.807, 2.05) is 20.8 Å². The van der Waals surface area contributed by atoms with Gasteiger partial charge in [0.05, 0.1) is 15.5 Å². The Labute approximate surface area is 109 Å². The van der Waals surface area contributed by atoms with Crippen molar-refractivity contribution in [1.29, 1.82) is 0 Å². The van der Waals surface area contributed by atoms with Crippen LogP contribution in [0, 0.1) is 10.1 Å². The number of hydrogen-bond acceptors (Lipinski definition) is 4. The molecule has 0 aliphatic carbocycles. The summed E-state index contributed by atoms with van der Waals surface area (Å²) in [5, 5.41) is 10.6. The topological polar surface area (TPSA) is 84.3 Å². The largest absolute Gasteiger partial charge is 0.287 e. The van der Waals surface area contributed by atoms with E-state index in [9.17, 15) is 14.9 Å². The van der Waals surface area contributed by atoms with Gasteiger partial charge in [-0.1, -0.05) is 11.6 Å². The summed E-state index contributed by atoms with van der Waals surface area (Å²) >= 11 is 5.83. The van der Waals surface area contributed by atoms with Gasteiger partial charge in [-0.25, -0.2) is 5.43 Å². The summed E-state index contributed by atoms with van der Waals surface area (Å²) in [5.41, 5.74) is 5.02. The number of non-ortho nitro benzene ring substituents is 1. The van der Waals surface area contributed by atoms with Crippen molar-refractivity contribution in [2.45, 2.75) is 26.3 Å². The molecule has 0 atom stereocenters. The molecule has 7 heteroatoms. The minimum absolute atomic E-state index is 0.0393. The summed E-state index contributed by atoms with van der Waals surface area (Å²) in [6, 6.07) is 3.70. The number of nitro benzene ring substituents is 1. The number of benzene rings is 1. The number of nitrogens with zero attached hydrogens (tertiary/aromatic N) is 1. The van der Waals surface area contributed by atoms with Crippen LogP contribution in [0.25, 0.3) is 0 Å². The van der Waals surface area contributed by atoms with Crippen molar-refractivity contribution in [2.24, 2.45) is 0 Å². The van der Waals surface area contributed by atoms with Crippen LogP contribution in [0.3, 0.4) is 0 Å². The highest BCUT2D eigenvalue weighted by atomic mass is 35.5. The first-order valence-electron chi connectivity index (χ1n) is 5.22. The van der Waals surface area contributed by atoms with E-state index < -0.39 is 10.8 Å². The molecule has 1 rings (SSSR count). The predicted molar refractivity (Wildman–Crippen MR) is 68.5 cm³/mol. The fourth-order valence-corrected chi connectivity index (χ4v) is 1.37. The first kappa shape index (κ1) is 14.4. The van der Waals surface area contributed by atoms with E-state index in [0.29, 0.717) is 0 Å². The molecule has 0 aliphatic rings. The Hall–Kier alpha value is -1.66. The smallest absolute Gasteiger partial charge is 0.270 e. The zero-order chi connectivity index (χ0) is 13.9. The predicted octanol–water partition coefficient (Wildman–Crippen LogP) is 2.28. The van der Waals surface area contributed by atoms with Crippen LogP contribution in [0.15, 0.2) is 18.2 Å². The van der Waals surface area contributed by atoms with Gasteiger partial charge < -0.3 is 0 Å². The molecule has 1 aromatic carbocycles. The average molecular weight is 272 g/mol. The first-order chi connectivity index (χ1) is 8.20. The van der Waals surface area contributed by atoms with Crippen molar-refractivity contribution in [3.63, 3.8) is 0 Å². The number of halogens is 1. The molecule has 0 bridgehead atoms. The molecule has 0 spiro atoms. The number of hydrogen-bond donors (Lipinski definition) is 2. The summed E-state index contributed by atoms with van der Waals surface area (Å²) in [4.78, 5) is 21.7. The van der Waals surface area contributed by atoms with Gasteiger partial charge in [0.1, 0.15) is 0 Å². The third-order valence-corrected chi connectivity index (χ3v) is 2.27. The monoisotopic (exact) mass is 271 g/mol. The molecule has 2 N–H and O–H groups in total. The second kappa shape index (κ2) is 5.32. The average Bonchev–Trinajstić information content (AvgIpc) is 2.24. The van der Waals surface area contributed by atoms with Crippen molar-refractivity contribution in [1.82, 2.24) is 10.9 Å². The molecule has 6 nitrogen and oxygen atoms in total. The van der Waals surface area contributed by atoms with Crippen LogP contribution >= 0.6 is 11.6 Å². The number of amides is 1. The molecule has 0 radical (unpaired) electrons. The van der Waals surface area contributed by atoms with Gasteiger partial charge in [-0.2, -0.15) is 0 Å². The maximum absolute atomic E-state index is 11.8. The van der Waals surface area contributed by atoms with E-state index in [1.165, 1.54) is 12.1 Å². The van der Waals surface area contributed by atoms with Crippen molar-refractivity contribution in [2.75, 3.05) is 0 Å². The lowest BCUT2D eigenvalue weighted by molar-refractivity contribution is -0.384. The summed E-state index contributed by atoms with van der Waals surface area (Å²) in [6.07, 6.45) is 0. The fourth-order valence-electron chi connectivity index (χ4n) is 1.11. The lowest BCUT2D eigenvalue weighted by Gasteiger charge is -2.21. The van der Waals surface area contributed by atoms with Crippen molar-refractivity contribution >= 4 is 23.2 Å². The molecule has 1 amide bonds. The van der Waals surface area contributed by atoms with Crippen LogP contribution in [-0.4, -0.2) is 16.4 Å². The minimum Gasteiger partial charge on any atom is -0.287 e. The Kier molecular flexibility index (Phi) is 4.26. The number of nitro groups is 1. The standard InChI is InChI=1S/C11H14ClN3O3/c1-11(2,3)14-13-10(16)8-5-4-7(15(17)18)6-9(8)12/h4-6,14H,1-3H3,(H,13,16). The second-order valence-electron chi connectivity index (χ2n) is 4.75. The number of carbonyl (C=O) groups is 1. The van der Waals surface area contributed by atoms with Gasteiger partial charge in [0.25, 0.3) is 11.6 Å². The Balaban J connectivity index is 2.84. The molecule has 0 aliphatic heterocycles. The highest BCUT2D eigenvalue weighted by Crippen LogP contribution is 2.22. The Morgan fingerprint density at radius 3 is 2.44 bits per heavy atom. The van der Waals surface area contributed by atoms with Gasteiger partial charge in [0.2, 0.25) is 0 Å². The number of carbonyl (C=O) groups excluding carboxylic acids is 1. The third kappa shape index (κ3) is 3.97. The van der Waals surface area contributed by atoms with Crippen LogP contribution in [0.5, 0.6) is 0 Å². The highest BCUT2D eigenvalue weighted by molar-refractivity contribution is 6.34. The van der Waals surface area contributed by atoms with Crippen LogP contribution in [0.2, 0.25) is 5.02 Å². The van der Waals surface area contributed by atoms with Crippen LogP contribution < -0.4 is 10.9 Å². The maximum Gasteiger partial charge on any atom is 0.270 e. The molecular formula is C11H14ClN3O3. The summed E-state index contributed by atoms with van der Waals surface area (Å²) in [7, 11) is 0. The third-order valence-electron chi connectivity index (χ3n) is 1.96. The van der Waals surface area contributed by atoms with Gasteiger partial charge >= 0.3 is 0 Å². The number of hydrazine groups is 1. The second-order valence-corrected chi connectivity index (χ2v) is 5.16. The molecule has 0 aromatic heterocycles. The van der Waals surface area contributed by atoms with Gasteiger partial charge in [-0.15, -0.1) is 0 Å². The first-order valence-corrected chi connectivity index (χ1v) is 5.60. The van der Waals surface area contributed by atoms with Gasteiger partial charge in [-0.3, -0.25) is 20.3 Å². The Morgan fingerprint density at radius 1 is 1.39 bits per heavy atom. The lowest BCUT2D eigenvalue weighted by Crippen LogP contribution is -2.48. The zero-order valence-corrected chi connectivity index (χ0v) is 11.0. The Bertz CT molecular complexity index is 483. The van der Waals surface area contributed by atoms with E-state index in [0.717, 1.165) is 6.07 Å². The maximum atomic E-state index is 11.8. The lowest BCUT2D eigenvalue weighted by atomic mass is 10.1. The quantitative estimate of drug-likeness (QED) is 0.652. The van der Waals surface area contributed by atoms with Gasteiger partial charge in [-0.05, 0) is 26.8 Å². The summed E-state index contributed by atoms with van der Waals surface area (Å²) in [6.45, 7) is 5.64. The molecule has 0 saturated heterocycles. The zero-order valence-electron chi connectivity index (χ0n) is 10.3. The SMILES string of the molecule is CC(C)(C)NNC(=O)c1ccc([N+](=O)[O-])cc1Cl. The molecule has 0 unspecified atom stereocenters. The summed E-state index contributed by atoms with van der Waals surface area (Å²) in [5.74, 6) is -0.440. The van der Waals surface area contributed by atoms with Crippen LogP contribution in [0.4, 0.5) is 5.69 Å². The van der Waals surface area contributed by atoms with Crippen molar-refractivity contribution < 1.29 is 9.72 Å². The molecule has 0 saturated carbocycles. The van der Waals surface area contributed by atoms with E-state index in [1.54, 1.807) is 0 Å². The van der Waals surface area contributed by atoms with Crippen LogP contribution in [0.1, 0.15) is 31.1 Å². The van der Waals surface area contributed by atoms with E-state index in [-0.39, 0.29) is 21.8 Å².